The van der Waals surface area contributed by atoms with Crippen molar-refractivity contribution in [2.24, 2.45) is 0 Å². The summed E-state index contributed by atoms with van der Waals surface area (Å²) < 4.78 is 5.84. The van der Waals surface area contributed by atoms with Crippen molar-refractivity contribution in [2.45, 2.75) is 0 Å². The summed E-state index contributed by atoms with van der Waals surface area (Å²) in [6, 6.07) is 13.7. The summed E-state index contributed by atoms with van der Waals surface area (Å²) in [5.41, 5.74) is 1.07. The standard InChI is InChI=1S/C15H10BrClN2O2/c16-13-8-10(4-5-14(13)17)15(20)19-11-2-1-3-12(9-11)21-7-6-18/h1-5,8-9H,7H2,(H,19,20). The highest BCUT2D eigenvalue weighted by molar-refractivity contribution is 9.10. The maximum atomic E-state index is 12.1. The van der Waals surface area contributed by atoms with Crippen molar-refractivity contribution in [3.8, 4) is 11.8 Å². The number of anilines is 1. The Labute approximate surface area is 135 Å². The van der Waals surface area contributed by atoms with Crippen molar-refractivity contribution in [2.75, 3.05) is 11.9 Å². The lowest BCUT2D eigenvalue weighted by atomic mass is 10.2. The second-order valence-corrected chi connectivity index (χ2v) is 5.32. The number of nitriles is 1. The summed E-state index contributed by atoms with van der Waals surface area (Å²) in [5, 5.41) is 11.8. The summed E-state index contributed by atoms with van der Waals surface area (Å²) >= 11 is 9.17. The van der Waals surface area contributed by atoms with Crippen molar-refractivity contribution < 1.29 is 9.53 Å². The molecule has 0 aliphatic heterocycles. The summed E-state index contributed by atoms with van der Waals surface area (Å²) in [6.07, 6.45) is 0. The predicted molar refractivity (Wildman–Crippen MR) is 84.7 cm³/mol. The number of benzene rings is 2. The molecule has 106 valence electrons. The molecule has 0 heterocycles. The van der Waals surface area contributed by atoms with Crippen LogP contribution >= 0.6 is 27.5 Å². The molecule has 0 fully saturated rings. The summed E-state index contributed by atoms with van der Waals surface area (Å²) in [4.78, 5) is 12.1. The van der Waals surface area contributed by atoms with Gasteiger partial charge in [0.05, 0.1) is 5.02 Å². The van der Waals surface area contributed by atoms with E-state index in [-0.39, 0.29) is 12.5 Å². The van der Waals surface area contributed by atoms with E-state index >= 15 is 0 Å². The molecule has 2 rings (SSSR count). The number of nitrogens with zero attached hydrogens (tertiary/aromatic N) is 1. The van der Waals surface area contributed by atoms with Crippen molar-refractivity contribution in [3.63, 3.8) is 0 Å². The quantitative estimate of drug-likeness (QED) is 0.880. The van der Waals surface area contributed by atoms with Crippen LogP contribution in [-0.2, 0) is 0 Å². The van der Waals surface area contributed by atoms with E-state index in [9.17, 15) is 4.79 Å². The van der Waals surface area contributed by atoms with Gasteiger partial charge < -0.3 is 10.1 Å². The van der Waals surface area contributed by atoms with Crippen LogP contribution in [0.2, 0.25) is 5.02 Å². The number of carbonyl (C=O) groups excluding carboxylic acids is 1. The van der Waals surface area contributed by atoms with Crippen molar-refractivity contribution in [1.29, 1.82) is 5.26 Å². The van der Waals surface area contributed by atoms with E-state index in [1.165, 1.54) is 0 Å². The molecule has 4 nitrogen and oxygen atoms in total. The van der Waals surface area contributed by atoms with E-state index in [4.69, 9.17) is 21.6 Å². The van der Waals surface area contributed by atoms with E-state index in [2.05, 4.69) is 21.2 Å². The van der Waals surface area contributed by atoms with Crippen molar-refractivity contribution >= 4 is 39.1 Å². The minimum Gasteiger partial charge on any atom is -0.479 e. The molecule has 2 aromatic carbocycles. The predicted octanol–water partition coefficient (Wildman–Crippen LogP) is 4.26. The molecule has 21 heavy (non-hydrogen) atoms. The third-order valence-corrected chi connectivity index (χ3v) is 3.79. The van der Waals surface area contributed by atoms with Gasteiger partial charge in [-0.2, -0.15) is 5.26 Å². The Morgan fingerprint density at radius 1 is 1.33 bits per heavy atom. The first kappa shape index (κ1) is 15.4. The fourth-order valence-electron chi connectivity index (χ4n) is 1.62. The molecule has 0 aliphatic carbocycles. The SMILES string of the molecule is N#CCOc1cccc(NC(=O)c2ccc(Cl)c(Br)c2)c1. The highest BCUT2D eigenvalue weighted by Crippen LogP contribution is 2.24. The van der Waals surface area contributed by atoms with Gasteiger partial charge in [0.1, 0.15) is 11.8 Å². The summed E-state index contributed by atoms with van der Waals surface area (Å²) in [6.45, 7) is -0.0401. The van der Waals surface area contributed by atoms with Gasteiger partial charge in [-0.3, -0.25) is 4.79 Å². The van der Waals surface area contributed by atoms with E-state index in [1.807, 2.05) is 6.07 Å². The highest BCUT2D eigenvalue weighted by atomic mass is 79.9. The van der Waals surface area contributed by atoms with Gasteiger partial charge in [-0.05, 0) is 46.3 Å². The largest absolute Gasteiger partial charge is 0.479 e. The van der Waals surface area contributed by atoms with Crippen molar-refractivity contribution in [1.82, 2.24) is 0 Å². The fourth-order valence-corrected chi connectivity index (χ4v) is 2.12. The molecule has 0 saturated heterocycles. The Morgan fingerprint density at radius 3 is 2.86 bits per heavy atom. The smallest absolute Gasteiger partial charge is 0.255 e. The highest BCUT2D eigenvalue weighted by Gasteiger charge is 2.08. The lowest BCUT2D eigenvalue weighted by molar-refractivity contribution is 0.102. The Hall–Kier alpha value is -2.03. The van der Waals surface area contributed by atoms with E-state index < -0.39 is 0 Å². The van der Waals surface area contributed by atoms with Crippen LogP contribution in [-0.4, -0.2) is 12.5 Å². The second-order valence-electron chi connectivity index (χ2n) is 4.06. The Morgan fingerprint density at radius 2 is 2.14 bits per heavy atom. The summed E-state index contributed by atoms with van der Waals surface area (Å²) in [5.74, 6) is 0.261. The topological polar surface area (TPSA) is 62.1 Å². The minimum atomic E-state index is -0.259. The average molecular weight is 366 g/mol. The zero-order valence-corrected chi connectivity index (χ0v) is 13.1. The van der Waals surface area contributed by atoms with Gasteiger partial charge in [0.25, 0.3) is 5.91 Å². The average Bonchev–Trinajstić information content (AvgIpc) is 2.48. The maximum absolute atomic E-state index is 12.1. The molecule has 1 amide bonds. The molecule has 0 radical (unpaired) electrons. The molecular weight excluding hydrogens is 356 g/mol. The fraction of sp³-hybridized carbons (Fsp3) is 0.0667. The van der Waals surface area contributed by atoms with Crippen LogP contribution in [0.3, 0.4) is 0 Å². The van der Waals surface area contributed by atoms with Crippen LogP contribution in [0.4, 0.5) is 5.69 Å². The second kappa shape index (κ2) is 7.11. The lowest BCUT2D eigenvalue weighted by Gasteiger charge is -2.08. The first-order valence-corrected chi connectivity index (χ1v) is 7.13. The molecule has 1 N–H and O–H groups in total. The monoisotopic (exact) mass is 364 g/mol. The number of nitrogens with one attached hydrogen (secondary N) is 1. The van der Waals surface area contributed by atoms with Crippen molar-refractivity contribution in [3.05, 3.63) is 57.5 Å². The van der Waals surface area contributed by atoms with Gasteiger partial charge in [-0.15, -0.1) is 0 Å². The molecule has 0 saturated carbocycles. The first-order chi connectivity index (χ1) is 10.1. The number of hydrogen-bond donors (Lipinski definition) is 1. The van der Waals surface area contributed by atoms with Crippen LogP contribution in [0.15, 0.2) is 46.9 Å². The van der Waals surface area contributed by atoms with Crippen LogP contribution in [0.1, 0.15) is 10.4 Å². The minimum absolute atomic E-state index is 0.0401. The number of ether oxygens (including phenoxy) is 1. The lowest BCUT2D eigenvalue weighted by Crippen LogP contribution is -2.11. The number of carbonyl (C=O) groups is 1. The third-order valence-electron chi connectivity index (χ3n) is 2.58. The maximum Gasteiger partial charge on any atom is 0.255 e. The van der Waals surface area contributed by atoms with E-state index in [0.29, 0.717) is 26.5 Å². The molecule has 0 atom stereocenters. The number of halogens is 2. The van der Waals surface area contributed by atoms with Gasteiger partial charge in [-0.1, -0.05) is 17.7 Å². The normalized spacial score (nSPS) is 9.76. The zero-order chi connectivity index (χ0) is 15.2. The molecule has 0 aliphatic rings. The number of hydrogen-bond acceptors (Lipinski definition) is 3. The van der Waals surface area contributed by atoms with Crippen LogP contribution in [0.25, 0.3) is 0 Å². The van der Waals surface area contributed by atoms with Gasteiger partial charge >= 0.3 is 0 Å². The van der Waals surface area contributed by atoms with Gasteiger partial charge in [0.2, 0.25) is 0 Å². The Bertz CT molecular complexity index is 713. The molecule has 0 unspecified atom stereocenters. The summed E-state index contributed by atoms with van der Waals surface area (Å²) in [7, 11) is 0. The van der Waals surface area contributed by atoms with E-state index in [0.717, 1.165) is 0 Å². The number of rotatable bonds is 4. The molecular formula is C15H10BrClN2O2. The van der Waals surface area contributed by atoms with Gasteiger partial charge in [-0.25, -0.2) is 0 Å². The molecule has 0 spiro atoms. The van der Waals surface area contributed by atoms with E-state index in [1.54, 1.807) is 42.5 Å². The Balaban J connectivity index is 2.12. The van der Waals surface area contributed by atoms with Crippen LogP contribution in [0, 0.1) is 11.3 Å². The van der Waals surface area contributed by atoms with Gasteiger partial charge in [0, 0.05) is 21.8 Å². The Kier molecular flexibility index (Phi) is 5.20. The molecule has 6 heteroatoms. The van der Waals surface area contributed by atoms with Crippen LogP contribution in [0.5, 0.6) is 5.75 Å². The van der Waals surface area contributed by atoms with Crippen LogP contribution < -0.4 is 10.1 Å². The van der Waals surface area contributed by atoms with Gasteiger partial charge in [0.15, 0.2) is 6.61 Å². The number of amides is 1. The third kappa shape index (κ3) is 4.22. The molecule has 0 bridgehead atoms. The zero-order valence-electron chi connectivity index (χ0n) is 10.8. The first-order valence-electron chi connectivity index (χ1n) is 5.96. The molecule has 0 aromatic heterocycles. The molecule has 2 aromatic rings.